The van der Waals surface area contributed by atoms with Crippen molar-refractivity contribution in [3.63, 3.8) is 0 Å². The molecule has 1 aromatic rings. The predicted octanol–water partition coefficient (Wildman–Crippen LogP) is 4.75. The molecule has 170 valence electrons. The van der Waals surface area contributed by atoms with E-state index in [0.29, 0.717) is 32.8 Å². The summed E-state index contributed by atoms with van der Waals surface area (Å²) in [5.74, 6) is -0.347. The first-order valence-electron chi connectivity index (χ1n) is 11.4. The van der Waals surface area contributed by atoms with Crippen LogP contribution < -0.4 is 10.1 Å². The third-order valence-electron chi connectivity index (χ3n) is 4.84. The molecule has 1 amide bonds. The van der Waals surface area contributed by atoms with E-state index in [-0.39, 0.29) is 18.7 Å². The second kappa shape index (κ2) is 17.8. The normalized spacial score (nSPS) is 10.7. The van der Waals surface area contributed by atoms with E-state index >= 15 is 0 Å². The number of carboxylic acids is 1. The Hall–Kier alpha value is -2.08. The van der Waals surface area contributed by atoms with E-state index in [1.807, 2.05) is 12.1 Å². The summed E-state index contributed by atoms with van der Waals surface area (Å²) in [4.78, 5) is 21.7. The van der Waals surface area contributed by atoms with Gasteiger partial charge in [-0.25, -0.2) is 0 Å². The zero-order valence-electron chi connectivity index (χ0n) is 18.5. The number of amides is 1. The van der Waals surface area contributed by atoms with Crippen molar-refractivity contribution in [1.82, 2.24) is 5.32 Å². The highest BCUT2D eigenvalue weighted by Gasteiger charge is 2.04. The largest absolute Gasteiger partial charge is 0.491 e. The molecule has 2 N–H and O–H groups in total. The van der Waals surface area contributed by atoms with E-state index in [9.17, 15) is 9.59 Å². The maximum absolute atomic E-state index is 11.4. The Morgan fingerprint density at radius 1 is 0.867 bits per heavy atom. The summed E-state index contributed by atoms with van der Waals surface area (Å²) >= 11 is 0. The SMILES string of the molecule is CCCCCCCCCc1ccc(OCCOCCCNC(=O)CCC(=O)O)cc1. The molecule has 0 aliphatic heterocycles. The van der Waals surface area contributed by atoms with Crippen molar-refractivity contribution < 1.29 is 24.2 Å². The molecule has 0 aromatic heterocycles. The van der Waals surface area contributed by atoms with Crippen LogP contribution in [0.15, 0.2) is 24.3 Å². The van der Waals surface area contributed by atoms with Crippen molar-refractivity contribution in [1.29, 1.82) is 0 Å². The summed E-state index contributed by atoms with van der Waals surface area (Å²) < 4.78 is 11.2. The second-order valence-electron chi connectivity index (χ2n) is 7.57. The van der Waals surface area contributed by atoms with Gasteiger partial charge in [0.25, 0.3) is 0 Å². The average molecular weight is 422 g/mol. The lowest BCUT2D eigenvalue weighted by Gasteiger charge is -2.09. The smallest absolute Gasteiger partial charge is 0.303 e. The Morgan fingerprint density at radius 2 is 1.57 bits per heavy atom. The lowest BCUT2D eigenvalue weighted by Crippen LogP contribution is -2.25. The number of carbonyl (C=O) groups excluding carboxylic acids is 1. The standard InChI is InChI=1S/C24H39NO5/c1-2-3-4-5-6-7-8-10-21-11-13-22(14-12-21)30-20-19-29-18-9-17-25-23(26)15-16-24(27)28/h11-14H,2-10,15-20H2,1H3,(H,25,26)(H,27,28). The Kier molecular flexibility index (Phi) is 15.4. The van der Waals surface area contributed by atoms with E-state index in [4.69, 9.17) is 14.6 Å². The Bertz CT molecular complexity index is 573. The number of ether oxygens (including phenoxy) is 2. The number of aliphatic carboxylic acids is 1. The van der Waals surface area contributed by atoms with Crippen molar-refractivity contribution in [2.45, 2.75) is 77.6 Å². The molecule has 0 bridgehead atoms. The molecule has 1 aromatic carbocycles. The highest BCUT2D eigenvalue weighted by atomic mass is 16.5. The van der Waals surface area contributed by atoms with Gasteiger partial charge in [-0.3, -0.25) is 9.59 Å². The van der Waals surface area contributed by atoms with Gasteiger partial charge >= 0.3 is 5.97 Å². The zero-order chi connectivity index (χ0) is 21.9. The van der Waals surface area contributed by atoms with Gasteiger partial charge in [0.15, 0.2) is 0 Å². The van der Waals surface area contributed by atoms with Crippen LogP contribution in [0.5, 0.6) is 5.75 Å². The molecule has 0 aliphatic carbocycles. The number of hydrogen-bond acceptors (Lipinski definition) is 4. The molecular formula is C24H39NO5. The van der Waals surface area contributed by atoms with Gasteiger partial charge in [-0.2, -0.15) is 0 Å². The van der Waals surface area contributed by atoms with Crippen LogP contribution in [0.4, 0.5) is 0 Å². The Labute approximate surface area is 181 Å². The average Bonchev–Trinajstić information content (AvgIpc) is 2.74. The van der Waals surface area contributed by atoms with Crippen molar-refractivity contribution >= 4 is 11.9 Å². The van der Waals surface area contributed by atoms with Crippen LogP contribution in [0, 0.1) is 0 Å². The number of unbranched alkanes of at least 4 members (excludes halogenated alkanes) is 6. The topological polar surface area (TPSA) is 84.9 Å². The molecule has 0 aliphatic rings. The number of benzene rings is 1. The molecule has 0 heterocycles. The first kappa shape index (κ1) is 26.0. The van der Waals surface area contributed by atoms with Crippen LogP contribution in [0.2, 0.25) is 0 Å². The predicted molar refractivity (Wildman–Crippen MR) is 119 cm³/mol. The molecular weight excluding hydrogens is 382 g/mol. The van der Waals surface area contributed by atoms with Crippen LogP contribution in [-0.2, 0) is 20.7 Å². The molecule has 0 fully saturated rings. The van der Waals surface area contributed by atoms with E-state index in [0.717, 1.165) is 12.2 Å². The van der Waals surface area contributed by atoms with Crippen LogP contribution >= 0.6 is 0 Å². The summed E-state index contributed by atoms with van der Waals surface area (Å²) in [5, 5.41) is 11.2. The summed E-state index contributed by atoms with van der Waals surface area (Å²) in [5.41, 5.74) is 1.36. The molecule has 6 heteroatoms. The van der Waals surface area contributed by atoms with Crippen LogP contribution in [-0.4, -0.2) is 43.3 Å². The minimum atomic E-state index is -0.962. The third kappa shape index (κ3) is 14.9. The van der Waals surface area contributed by atoms with Crippen LogP contribution in [0.1, 0.15) is 76.7 Å². The number of rotatable bonds is 19. The highest BCUT2D eigenvalue weighted by molar-refractivity contribution is 5.80. The van der Waals surface area contributed by atoms with Gasteiger partial charge in [-0.15, -0.1) is 0 Å². The van der Waals surface area contributed by atoms with E-state index < -0.39 is 5.97 Å². The number of nitrogens with one attached hydrogen (secondary N) is 1. The fourth-order valence-electron chi connectivity index (χ4n) is 3.07. The first-order valence-corrected chi connectivity index (χ1v) is 11.4. The molecule has 0 unspecified atom stereocenters. The summed E-state index contributed by atoms with van der Waals surface area (Å²) in [6.07, 6.45) is 11.0. The molecule has 1 rings (SSSR count). The van der Waals surface area contributed by atoms with Gasteiger partial charge in [0.2, 0.25) is 5.91 Å². The van der Waals surface area contributed by atoms with Crippen molar-refractivity contribution in [2.75, 3.05) is 26.4 Å². The fourth-order valence-corrected chi connectivity index (χ4v) is 3.07. The molecule has 0 atom stereocenters. The summed E-state index contributed by atoms with van der Waals surface area (Å²) in [6.45, 7) is 4.24. The Balaban J connectivity index is 1.97. The number of aryl methyl sites for hydroxylation is 1. The van der Waals surface area contributed by atoms with Crippen LogP contribution in [0.3, 0.4) is 0 Å². The van der Waals surface area contributed by atoms with Crippen molar-refractivity contribution in [3.8, 4) is 5.75 Å². The number of carbonyl (C=O) groups is 2. The first-order chi connectivity index (χ1) is 14.6. The van der Waals surface area contributed by atoms with Gasteiger partial charge in [0.05, 0.1) is 13.0 Å². The van der Waals surface area contributed by atoms with Crippen molar-refractivity contribution in [3.05, 3.63) is 29.8 Å². The molecule has 0 saturated heterocycles. The lowest BCUT2D eigenvalue weighted by molar-refractivity contribution is -0.138. The maximum Gasteiger partial charge on any atom is 0.303 e. The van der Waals surface area contributed by atoms with E-state index in [2.05, 4.69) is 24.4 Å². The lowest BCUT2D eigenvalue weighted by atomic mass is 10.0. The van der Waals surface area contributed by atoms with Gasteiger partial charge in [0.1, 0.15) is 12.4 Å². The highest BCUT2D eigenvalue weighted by Crippen LogP contribution is 2.15. The fraction of sp³-hybridized carbons (Fsp3) is 0.667. The van der Waals surface area contributed by atoms with E-state index in [1.54, 1.807) is 0 Å². The molecule has 0 radical (unpaired) electrons. The third-order valence-corrected chi connectivity index (χ3v) is 4.84. The van der Waals surface area contributed by atoms with E-state index in [1.165, 1.54) is 50.5 Å². The summed E-state index contributed by atoms with van der Waals surface area (Å²) in [7, 11) is 0. The van der Waals surface area contributed by atoms with Gasteiger partial charge in [0, 0.05) is 19.6 Å². The molecule has 6 nitrogen and oxygen atoms in total. The number of carboxylic acid groups (broad SMARTS) is 1. The van der Waals surface area contributed by atoms with Gasteiger partial charge < -0.3 is 19.9 Å². The zero-order valence-corrected chi connectivity index (χ0v) is 18.5. The van der Waals surface area contributed by atoms with Crippen molar-refractivity contribution in [2.24, 2.45) is 0 Å². The van der Waals surface area contributed by atoms with Crippen LogP contribution in [0.25, 0.3) is 0 Å². The number of hydrogen-bond donors (Lipinski definition) is 2. The maximum atomic E-state index is 11.4. The minimum absolute atomic E-state index is 0.0157. The molecule has 30 heavy (non-hydrogen) atoms. The molecule has 0 saturated carbocycles. The Morgan fingerprint density at radius 3 is 2.27 bits per heavy atom. The quantitative estimate of drug-likeness (QED) is 0.315. The summed E-state index contributed by atoms with van der Waals surface area (Å²) in [6, 6.07) is 8.31. The monoisotopic (exact) mass is 421 g/mol. The minimum Gasteiger partial charge on any atom is -0.491 e. The molecule has 0 spiro atoms. The van der Waals surface area contributed by atoms with Gasteiger partial charge in [-0.05, 0) is 37.0 Å². The van der Waals surface area contributed by atoms with Gasteiger partial charge in [-0.1, -0.05) is 57.6 Å². The second-order valence-corrected chi connectivity index (χ2v) is 7.57.